The number of nitrogen functional groups attached to an aromatic ring is 1. The molecule has 1 aromatic rings. The molecule has 0 bridgehead atoms. The second kappa shape index (κ2) is 4.49. The Hall–Kier alpha value is -1.75. The Labute approximate surface area is 101 Å². The molecule has 0 spiro atoms. The van der Waals surface area contributed by atoms with Gasteiger partial charge in [0.1, 0.15) is 18.3 Å². The number of carbonyl (C=O) groups excluding carboxylic acids is 1. The van der Waals surface area contributed by atoms with Crippen LogP contribution in [0.4, 0.5) is 5.95 Å². The van der Waals surface area contributed by atoms with Gasteiger partial charge in [-0.15, -0.1) is 5.10 Å². The molecule has 0 aromatic carbocycles. The molecule has 100 valence electrons. The molecule has 1 aliphatic rings. The molecule has 10 nitrogen and oxygen atoms in total. The van der Waals surface area contributed by atoms with Crippen molar-refractivity contribution in [3.63, 3.8) is 0 Å². The molecule has 0 radical (unpaired) electrons. The highest BCUT2D eigenvalue weighted by molar-refractivity contribution is 5.88. The van der Waals surface area contributed by atoms with E-state index in [0.29, 0.717) is 0 Å². The third-order valence-corrected chi connectivity index (χ3v) is 2.64. The molecule has 1 fully saturated rings. The molecule has 0 aliphatic carbocycles. The number of rotatable bonds is 3. The topological polar surface area (TPSA) is 170 Å². The number of ether oxygens (including phenoxy) is 1. The second-order valence-corrected chi connectivity index (χ2v) is 3.83. The lowest BCUT2D eigenvalue weighted by Gasteiger charge is -2.15. The summed E-state index contributed by atoms with van der Waals surface area (Å²) in [5.74, 6) is -1.41. The van der Waals surface area contributed by atoms with Gasteiger partial charge in [0.25, 0.3) is 5.91 Å². The van der Waals surface area contributed by atoms with Gasteiger partial charge in [0.05, 0.1) is 6.61 Å². The first kappa shape index (κ1) is 12.7. The molecule has 1 aliphatic heterocycles. The molecule has 2 rings (SSSR count). The van der Waals surface area contributed by atoms with Gasteiger partial charge in [-0.1, -0.05) is 0 Å². The predicted octanol–water partition coefficient (Wildman–Crippen LogP) is -3.43. The van der Waals surface area contributed by atoms with Gasteiger partial charge < -0.3 is 31.5 Å². The van der Waals surface area contributed by atoms with Gasteiger partial charge in [-0.3, -0.25) is 4.79 Å². The zero-order valence-electron chi connectivity index (χ0n) is 9.17. The maximum atomic E-state index is 10.9. The van der Waals surface area contributed by atoms with Crippen molar-refractivity contribution in [1.82, 2.24) is 14.8 Å². The van der Waals surface area contributed by atoms with Crippen molar-refractivity contribution in [2.24, 2.45) is 5.73 Å². The number of aromatic nitrogens is 3. The smallest absolute Gasteiger partial charge is 0.288 e. The zero-order chi connectivity index (χ0) is 13.4. The molecule has 4 atom stereocenters. The molecular weight excluding hydrogens is 246 g/mol. The highest BCUT2D eigenvalue weighted by atomic mass is 16.6. The van der Waals surface area contributed by atoms with Crippen molar-refractivity contribution in [2.45, 2.75) is 24.5 Å². The van der Waals surface area contributed by atoms with Crippen molar-refractivity contribution in [3.8, 4) is 0 Å². The minimum Gasteiger partial charge on any atom is -0.394 e. The summed E-state index contributed by atoms with van der Waals surface area (Å²) in [4.78, 5) is 14.5. The normalized spacial score (nSPS) is 31.7. The van der Waals surface area contributed by atoms with E-state index in [9.17, 15) is 15.0 Å². The lowest BCUT2D eigenvalue weighted by molar-refractivity contribution is -0.0576. The van der Waals surface area contributed by atoms with Crippen LogP contribution in [0.1, 0.15) is 16.8 Å². The van der Waals surface area contributed by atoms with Crippen LogP contribution in [0.15, 0.2) is 0 Å². The molecule has 0 saturated carbocycles. The fraction of sp³-hybridized carbons (Fsp3) is 0.625. The van der Waals surface area contributed by atoms with E-state index >= 15 is 0 Å². The number of nitrogens with zero attached hydrogens (tertiary/aromatic N) is 3. The molecule has 1 unspecified atom stereocenters. The number of primary amides is 1. The van der Waals surface area contributed by atoms with Crippen molar-refractivity contribution >= 4 is 11.9 Å². The van der Waals surface area contributed by atoms with Gasteiger partial charge in [0.15, 0.2) is 6.23 Å². The van der Waals surface area contributed by atoms with Gasteiger partial charge in [-0.05, 0) is 0 Å². The van der Waals surface area contributed by atoms with E-state index in [-0.39, 0.29) is 11.8 Å². The summed E-state index contributed by atoms with van der Waals surface area (Å²) in [6, 6.07) is 0. The van der Waals surface area contributed by atoms with Gasteiger partial charge in [-0.25, -0.2) is 0 Å². The number of aliphatic hydroxyl groups is 3. The standard InChI is InChI=1S/C8H13N5O5/c9-5(17)6-11-8(10)13(12-6)7-4(16)3(15)2(1-14)18-7/h2-4,7,14-16H,1H2,(H2,9,17)(H2,10,11,12)/t2-,3-,4-,7?/m1/s1. The van der Waals surface area contributed by atoms with Crippen LogP contribution >= 0.6 is 0 Å². The summed E-state index contributed by atoms with van der Waals surface area (Å²) in [5.41, 5.74) is 10.5. The van der Waals surface area contributed by atoms with Gasteiger partial charge >= 0.3 is 0 Å². The highest BCUT2D eigenvalue weighted by Crippen LogP contribution is 2.29. The molecule has 7 N–H and O–H groups in total. The lowest BCUT2D eigenvalue weighted by Crippen LogP contribution is -2.33. The molecule has 1 amide bonds. The third kappa shape index (κ3) is 1.90. The summed E-state index contributed by atoms with van der Waals surface area (Å²) >= 11 is 0. The van der Waals surface area contributed by atoms with E-state index in [2.05, 4.69) is 10.1 Å². The average Bonchev–Trinajstić information content (AvgIpc) is 2.83. The van der Waals surface area contributed by atoms with Crippen molar-refractivity contribution in [2.75, 3.05) is 12.3 Å². The lowest BCUT2D eigenvalue weighted by atomic mass is 10.1. The summed E-state index contributed by atoms with van der Waals surface area (Å²) in [6.07, 6.45) is -4.75. The summed E-state index contributed by atoms with van der Waals surface area (Å²) < 4.78 is 6.11. The monoisotopic (exact) mass is 259 g/mol. The fourth-order valence-corrected chi connectivity index (χ4v) is 1.71. The van der Waals surface area contributed by atoms with E-state index in [4.69, 9.17) is 21.3 Å². The third-order valence-electron chi connectivity index (χ3n) is 2.64. The Balaban J connectivity index is 2.29. The van der Waals surface area contributed by atoms with E-state index in [1.54, 1.807) is 0 Å². The Morgan fingerprint density at radius 2 is 2.11 bits per heavy atom. The van der Waals surface area contributed by atoms with Crippen LogP contribution in [0.25, 0.3) is 0 Å². The molecule has 1 aromatic heterocycles. The van der Waals surface area contributed by atoms with E-state index in [1.165, 1.54) is 0 Å². The Morgan fingerprint density at radius 3 is 2.56 bits per heavy atom. The summed E-state index contributed by atoms with van der Waals surface area (Å²) in [5, 5.41) is 31.9. The fourth-order valence-electron chi connectivity index (χ4n) is 1.71. The number of nitrogens with two attached hydrogens (primary N) is 2. The quantitative estimate of drug-likeness (QED) is 0.373. The van der Waals surface area contributed by atoms with Crippen LogP contribution in [0.2, 0.25) is 0 Å². The van der Waals surface area contributed by atoms with Crippen LogP contribution in [0.5, 0.6) is 0 Å². The average molecular weight is 259 g/mol. The van der Waals surface area contributed by atoms with E-state index in [1.807, 2.05) is 0 Å². The van der Waals surface area contributed by atoms with Gasteiger partial charge in [-0.2, -0.15) is 9.67 Å². The minimum absolute atomic E-state index is 0.196. The van der Waals surface area contributed by atoms with Gasteiger partial charge in [0.2, 0.25) is 11.8 Å². The maximum absolute atomic E-state index is 10.9. The number of aliphatic hydroxyl groups excluding tert-OH is 3. The van der Waals surface area contributed by atoms with E-state index < -0.39 is 37.1 Å². The SMILES string of the molecule is NC(=O)c1nc(N)n(C2O[C@H](CO)[C@@H](O)[C@H]2O)n1. The van der Waals surface area contributed by atoms with Crippen LogP contribution in [0, 0.1) is 0 Å². The summed E-state index contributed by atoms with van der Waals surface area (Å²) in [7, 11) is 0. The largest absolute Gasteiger partial charge is 0.394 e. The van der Waals surface area contributed by atoms with Crippen LogP contribution in [0.3, 0.4) is 0 Å². The molecule has 18 heavy (non-hydrogen) atoms. The Kier molecular flexibility index (Phi) is 3.17. The number of hydrogen-bond donors (Lipinski definition) is 5. The molecule has 2 heterocycles. The van der Waals surface area contributed by atoms with E-state index in [0.717, 1.165) is 4.68 Å². The van der Waals surface area contributed by atoms with Crippen LogP contribution in [-0.2, 0) is 4.74 Å². The minimum atomic E-state index is -1.35. The number of anilines is 1. The van der Waals surface area contributed by atoms with Crippen LogP contribution < -0.4 is 11.5 Å². The van der Waals surface area contributed by atoms with Crippen molar-refractivity contribution < 1.29 is 24.9 Å². The highest BCUT2D eigenvalue weighted by Gasteiger charge is 2.44. The molecule has 10 heteroatoms. The predicted molar refractivity (Wildman–Crippen MR) is 56.0 cm³/mol. The van der Waals surface area contributed by atoms with Crippen molar-refractivity contribution in [1.29, 1.82) is 0 Å². The number of amides is 1. The second-order valence-electron chi connectivity index (χ2n) is 3.83. The van der Waals surface area contributed by atoms with Crippen molar-refractivity contribution in [3.05, 3.63) is 5.82 Å². The first-order valence-electron chi connectivity index (χ1n) is 5.10. The number of carbonyl (C=O) groups is 1. The Morgan fingerprint density at radius 1 is 1.44 bits per heavy atom. The van der Waals surface area contributed by atoms with Crippen LogP contribution in [-0.4, -0.2) is 60.9 Å². The zero-order valence-corrected chi connectivity index (χ0v) is 9.17. The first-order valence-corrected chi connectivity index (χ1v) is 5.10. The number of hydrogen-bond acceptors (Lipinski definition) is 8. The summed E-state index contributed by atoms with van der Waals surface area (Å²) in [6.45, 7) is -0.480. The molecule has 1 saturated heterocycles. The first-order chi connectivity index (χ1) is 8.45. The maximum Gasteiger partial charge on any atom is 0.288 e. The Bertz CT molecular complexity index is 463. The van der Waals surface area contributed by atoms with Gasteiger partial charge in [0, 0.05) is 0 Å². The molecular formula is C8H13N5O5.